The molecule has 2 amide bonds. The first-order valence-electron chi connectivity index (χ1n) is 12.8. The van der Waals surface area contributed by atoms with E-state index >= 15 is 0 Å². The average molecular weight is 559 g/mol. The third kappa shape index (κ3) is 6.75. The highest BCUT2D eigenvalue weighted by molar-refractivity contribution is 8.01. The van der Waals surface area contributed by atoms with Gasteiger partial charge in [0.25, 0.3) is 0 Å². The van der Waals surface area contributed by atoms with Crippen molar-refractivity contribution in [1.29, 1.82) is 0 Å². The molecule has 0 bridgehead atoms. The van der Waals surface area contributed by atoms with Crippen molar-refractivity contribution in [2.75, 3.05) is 12.8 Å². The zero-order valence-corrected chi connectivity index (χ0v) is 24.0. The van der Waals surface area contributed by atoms with Gasteiger partial charge in [0, 0.05) is 25.2 Å². The molecule has 0 radical (unpaired) electrons. The summed E-state index contributed by atoms with van der Waals surface area (Å²) in [6.45, 7) is 3.73. The first kappa shape index (κ1) is 28.5. The van der Waals surface area contributed by atoms with E-state index in [2.05, 4.69) is 57.0 Å². The van der Waals surface area contributed by atoms with E-state index in [9.17, 15) is 9.59 Å². The van der Waals surface area contributed by atoms with Gasteiger partial charge in [-0.05, 0) is 30.5 Å². The number of thioether (sulfide) groups is 2. The third-order valence-corrected chi connectivity index (χ3v) is 9.51. The number of amides is 2. The molecule has 3 aromatic carbocycles. The molecule has 0 aliphatic rings. The Bertz CT molecular complexity index is 1230. The van der Waals surface area contributed by atoms with Crippen LogP contribution in [0.2, 0.25) is 0 Å². The SMILES string of the molecule is CNC(=O)[C@H](CSC(c1ccccc1)(c1ccccc1)c1ccccc1)NC(=O)C(C)(C)SCc1ncc[nH]1. The lowest BCUT2D eigenvalue weighted by molar-refractivity contribution is -0.129. The lowest BCUT2D eigenvalue weighted by Crippen LogP contribution is -2.52. The largest absolute Gasteiger partial charge is 0.357 e. The maximum absolute atomic E-state index is 13.4. The first-order chi connectivity index (χ1) is 18.9. The second kappa shape index (κ2) is 13.0. The van der Waals surface area contributed by atoms with Gasteiger partial charge in [0.15, 0.2) is 0 Å². The molecule has 39 heavy (non-hydrogen) atoms. The van der Waals surface area contributed by atoms with Crippen LogP contribution in [0.5, 0.6) is 0 Å². The van der Waals surface area contributed by atoms with Crippen LogP contribution in [0.4, 0.5) is 0 Å². The predicted molar refractivity (Wildman–Crippen MR) is 162 cm³/mol. The van der Waals surface area contributed by atoms with Gasteiger partial charge in [-0.1, -0.05) is 91.0 Å². The van der Waals surface area contributed by atoms with Crippen LogP contribution in [0.3, 0.4) is 0 Å². The summed E-state index contributed by atoms with van der Waals surface area (Å²) in [5.74, 6) is 1.30. The Labute approximate surface area is 238 Å². The summed E-state index contributed by atoms with van der Waals surface area (Å²) in [7, 11) is 1.60. The molecule has 6 nitrogen and oxygen atoms in total. The molecule has 202 valence electrons. The van der Waals surface area contributed by atoms with Crippen LogP contribution in [0.15, 0.2) is 103 Å². The molecule has 0 unspecified atom stereocenters. The average Bonchev–Trinajstić information content (AvgIpc) is 3.51. The fraction of sp³-hybridized carbons (Fsp3) is 0.258. The van der Waals surface area contributed by atoms with E-state index < -0.39 is 15.5 Å². The molecule has 0 aliphatic carbocycles. The van der Waals surface area contributed by atoms with Crippen LogP contribution in [0.25, 0.3) is 0 Å². The third-order valence-electron chi connectivity index (χ3n) is 6.55. The highest BCUT2D eigenvalue weighted by atomic mass is 32.2. The molecule has 0 aliphatic heterocycles. The number of aromatic nitrogens is 2. The maximum atomic E-state index is 13.4. The summed E-state index contributed by atoms with van der Waals surface area (Å²) in [6, 6.07) is 30.2. The first-order valence-corrected chi connectivity index (χ1v) is 14.8. The van der Waals surface area contributed by atoms with Crippen LogP contribution in [-0.2, 0) is 20.1 Å². The molecule has 1 heterocycles. The van der Waals surface area contributed by atoms with Crippen molar-refractivity contribution in [1.82, 2.24) is 20.6 Å². The number of benzene rings is 3. The van der Waals surface area contributed by atoms with Crippen molar-refractivity contribution in [3.05, 3.63) is 126 Å². The van der Waals surface area contributed by atoms with Crippen molar-refractivity contribution in [2.24, 2.45) is 0 Å². The van der Waals surface area contributed by atoms with E-state index in [4.69, 9.17) is 0 Å². The Hall–Kier alpha value is -3.49. The Morgan fingerprint density at radius 2 is 1.36 bits per heavy atom. The summed E-state index contributed by atoms with van der Waals surface area (Å²) in [4.78, 5) is 33.8. The molecular formula is C31H34N4O2S2. The van der Waals surface area contributed by atoms with E-state index in [0.29, 0.717) is 11.5 Å². The van der Waals surface area contributed by atoms with Gasteiger partial charge in [-0.25, -0.2) is 4.98 Å². The summed E-state index contributed by atoms with van der Waals surface area (Å²) in [5, 5.41) is 5.78. The molecular weight excluding hydrogens is 525 g/mol. The van der Waals surface area contributed by atoms with Gasteiger partial charge >= 0.3 is 0 Å². The number of hydrogen-bond donors (Lipinski definition) is 3. The minimum atomic E-state index is -0.765. The minimum absolute atomic E-state index is 0.196. The number of rotatable bonds is 12. The number of aromatic amines is 1. The van der Waals surface area contributed by atoms with Crippen molar-refractivity contribution in [3.63, 3.8) is 0 Å². The number of carbonyl (C=O) groups is 2. The second-order valence-corrected chi connectivity index (χ2v) is 12.4. The number of nitrogens with zero attached hydrogens (tertiary/aromatic N) is 1. The smallest absolute Gasteiger partial charge is 0.243 e. The van der Waals surface area contributed by atoms with Gasteiger partial charge in [0.05, 0.1) is 15.2 Å². The van der Waals surface area contributed by atoms with Gasteiger partial charge in [0.1, 0.15) is 11.9 Å². The second-order valence-electron chi connectivity index (χ2n) is 9.57. The van der Waals surface area contributed by atoms with Crippen molar-refractivity contribution in [2.45, 2.75) is 35.1 Å². The van der Waals surface area contributed by atoms with Crippen LogP contribution in [-0.4, -0.2) is 45.4 Å². The zero-order valence-electron chi connectivity index (χ0n) is 22.4. The Balaban J connectivity index is 1.65. The monoisotopic (exact) mass is 558 g/mol. The molecule has 4 aromatic rings. The molecule has 8 heteroatoms. The molecule has 0 spiro atoms. The highest BCUT2D eigenvalue weighted by Gasteiger charge is 2.39. The zero-order chi connectivity index (χ0) is 27.7. The fourth-order valence-corrected chi connectivity index (χ4v) is 6.76. The van der Waals surface area contributed by atoms with Gasteiger partial charge in [0.2, 0.25) is 11.8 Å². The summed E-state index contributed by atoms with van der Waals surface area (Å²) >= 11 is 3.12. The summed E-state index contributed by atoms with van der Waals surface area (Å²) in [5.41, 5.74) is 3.30. The molecule has 0 fully saturated rings. The molecule has 1 atom stereocenters. The van der Waals surface area contributed by atoms with Crippen LogP contribution in [0.1, 0.15) is 36.4 Å². The molecule has 1 aromatic heterocycles. The normalized spacial score (nSPS) is 12.5. The van der Waals surface area contributed by atoms with Gasteiger partial charge in [-0.15, -0.1) is 23.5 Å². The summed E-state index contributed by atoms with van der Waals surface area (Å²) < 4.78 is -1.36. The Morgan fingerprint density at radius 3 is 1.79 bits per heavy atom. The Kier molecular flexibility index (Phi) is 9.54. The van der Waals surface area contributed by atoms with Gasteiger partial charge in [-0.3, -0.25) is 9.59 Å². The number of imidazole rings is 1. The van der Waals surface area contributed by atoms with Crippen LogP contribution >= 0.6 is 23.5 Å². The number of hydrogen-bond acceptors (Lipinski definition) is 5. The minimum Gasteiger partial charge on any atom is -0.357 e. The fourth-order valence-electron chi connectivity index (χ4n) is 4.36. The van der Waals surface area contributed by atoms with E-state index in [1.54, 1.807) is 31.2 Å². The van der Waals surface area contributed by atoms with Crippen LogP contribution in [0, 0.1) is 0 Å². The maximum Gasteiger partial charge on any atom is 0.243 e. The number of nitrogens with one attached hydrogen (secondary N) is 3. The van der Waals surface area contributed by atoms with E-state index in [-0.39, 0.29) is 11.8 Å². The standard InChI is InChI=1S/C31H34N4O2S2/c1-30(2,38-22-27-33-19-20-34-27)29(37)35-26(28(36)32-3)21-39-31(23-13-7-4-8-14-23,24-15-9-5-10-16-24)25-17-11-6-12-18-25/h4-20,26H,21-22H2,1-3H3,(H,32,36)(H,33,34)(H,35,37)/t26-/m0/s1. The van der Waals surface area contributed by atoms with E-state index in [1.807, 2.05) is 68.4 Å². The molecule has 0 saturated heterocycles. The Morgan fingerprint density at radius 1 is 0.846 bits per heavy atom. The van der Waals surface area contributed by atoms with Gasteiger partial charge < -0.3 is 15.6 Å². The van der Waals surface area contributed by atoms with E-state index in [0.717, 1.165) is 22.5 Å². The summed E-state index contributed by atoms with van der Waals surface area (Å²) in [6.07, 6.45) is 3.46. The number of H-pyrrole nitrogens is 1. The molecule has 4 rings (SSSR count). The lowest BCUT2D eigenvalue weighted by Gasteiger charge is -2.36. The predicted octanol–water partition coefficient (Wildman–Crippen LogP) is 5.38. The quantitative estimate of drug-likeness (QED) is 0.203. The number of carbonyl (C=O) groups excluding carboxylic acids is 2. The van der Waals surface area contributed by atoms with Crippen LogP contribution < -0.4 is 10.6 Å². The number of likely N-dealkylation sites (N-methyl/N-ethyl adjacent to an activating group) is 1. The van der Waals surface area contributed by atoms with Crippen molar-refractivity contribution >= 4 is 35.3 Å². The van der Waals surface area contributed by atoms with Crippen molar-refractivity contribution < 1.29 is 9.59 Å². The van der Waals surface area contributed by atoms with Crippen molar-refractivity contribution in [3.8, 4) is 0 Å². The highest BCUT2D eigenvalue weighted by Crippen LogP contribution is 2.48. The van der Waals surface area contributed by atoms with Gasteiger partial charge in [-0.2, -0.15) is 0 Å². The topological polar surface area (TPSA) is 86.9 Å². The van der Waals surface area contributed by atoms with E-state index in [1.165, 1.54) is 11.8 Å². The molecule has 3 N–H and O–H groups in total. The lowest BCUT2D eigenvalue weighted by atomic mass is 9.84. The molecule has 0 saturated carbocycles.